The second-order valence-corrected chi connectivity index (χ2v) is 5.45. The van der Waals surface area contributed by atoms with Crippen LogP contribution in [0.25, 0.3) is 10.9 Å². The number of nitrogens with one attached hydrogen (secondary N) is 1. The normalized spacial score (nSPS) is 10.6. The monoisotopic (exact) mass is 314 g/mol. The summed E-state index contributed by atoms with van der Waals surface area (Å²) in [5.74, 6) is -0.265. The van der Waals surface area contributed by atoms with Gasteiger partial charge in [0, 0.05) is 22.2 Å². The van der Waals surface area contributed by atoms with Crippen molar-refractivity contribution in [2.24, 2.45) is 0 Å². The molecule has 3 nitrogen and oxygen atoms in total. The molecule has 1 heterocycles. The molecule has 104 valence electrons. The SMILES string of the molecule is O=C(Nc1ccc2ncccc2c1)c1cc(S)ccc1Cl. The minimum atomic E-state index is -0.265. The van der Waals surface area contributed by atoms with Crippen molar-refractivity contribution in [1.82, 2.24) is 4.98 Å². The van der Waals surface area contributed by atoms with Gasteiger partial charge in [-0.25, -0.2) is 0 Å². The van der Waals surface area contributed by atoms with E-state index in [9.17, 15) is 4.79 Å². The molecular weight excluding hydrogens is 304 g/mol. The van der Waals surface area contributed by atoms with Crippen molar-refractivity contribution in [3.05, 3.63) is 65.3 Å². The highest BCUT2D eigenvalue weighted by atomic mass is 35.5. The molecule has 0 bridgehead atoms. The van der Waals surface area contributed by atoms with E-state index >= 15 is 0 Å². The van der Waals surface area contributed by atoms with Gasteiger partial charge in [-0.3, -0.25) is 9.78 Å². The third-order valence-corrected chi connectivity index (χ3v) is 3.66. The molecule has 0 atom stereocenters. The molecule has 0 radical (unpaired) electrons. The molecule has 0 aliphatic carbocycles. The van der Waals surface area contributed by atoms with Gasteiger partial charge >= 0.3 is 0 Å². The zero-order valence-corrected chi connectivity index (χ0v) is 12.5. The predicted octanol–water partition coefficient (Wildman–Crippen LogP) is 4.43. The number of hydrogen-bond donors (Lipinski definition) is 2. The van der Waals surface area contributed by atoms with Crippen LogP contribution in [0.5, 0.6) is 0 Å². The first-order valence-electron chi connectivity index (χ1n) is 6.28. The molecular formula is C16H11ClN2OS. The summed E-state index contributed by atoms with van der Waals surface area (Å²) < 4.78 is 0. The average Bonchev–Trinajstić information content (AvgIpc) is 2.49. The number of fused-ring (bicyclic) bond motifs is 1. The molecule has 0 saturated carbocycles. The average molecular weight is 315 g/mol. The molecule has 5 heteroatoms. The van der Waals surface area contributed by atoms with Crippen LogP contribution >= 0.6 is 24.2 Å². The molecule has 1 amide bonds. The Bertz CT molecular complexity index is 835. The summed E-state index contributed by atoms with van der Waals surface area (Å²) in [6, 6.07) is 14.4. The fraction of sp³-hybridized carbons (Fsp3) is 0. The Morgan fingerprint density at radius 3 is 2.86 bits per heavy atom. The van der Waals surface area contributed by atoms with Gasteiger partial charge < -0.3 is 5.32 Å². The Kier molecular flexibility index (Phi) is 3.82. The lowest BCUT2D eigenvalue weighted by Gasteiger charge is -2.08. The fourth-order valence-corrected chi connectivity index (χ4v) is 2.45. The second kappa shape index (κ2) is 5.76. The lowest BCUT2D eigenvalue weighted by molar-refractivity contribution is 0.102. The zero-order chi connectivity index (χ0) is 14.8. The molecule has 21 heavy (non-hydrogen) atoms. The topological polar surface area (TPSA) is 42.0 Å². The van der Waals surface area contributed by atoms with Crippen LogP contribution in [-0.4, -0.2) is 10.9 Å². The van der Waals surface area contributed by atoms with Crippen molar-refractivity contribution in [3.63, 3.8) is 0 Å². The van der Waals surface area contributed by atoms with Gasteiger partial charge in [-0.15, -0.1) is 12.6 Å². The highest BCUT2D eigenvalue weighted by Gasteiger charge is 2.11. The summed E-state index contributed by atoms with van der Waals surface area (Å²) in [7, 11) is 0. The number of thiol groups is 1. The van der Waals surface area contributed by atoms with Crippen LogP contribution in [0.3, 0.4) is 0 Å². The van der Waals surface area contributed by atoms with Gasteiger partial charge in [0.1, 0.15) is 0 Å². The maximum Gasteiger partial charge on any atom is 0.257 e. The number of halogens is 1. The van der Waals surface area contributed by atoms with E-state index in [0.29, 0.717) is 21.2 Å². The number of amides is 1. The molecule has 3 rings (SSSR count). The third-order valence-electron chi connectivity index (χ3n) is 3.06. The minimum absolute atomic E-state index is 0.265. The summed E-state index contributed by atoms with van der Waals surface area (Å²) in [6.45, 7) is 0. The fourth-order valence-electron chi connectivity index (χ4n) is 2.04. The Morgan fingerprint density at radius 1 is 1.14 bits per heavy atom. The number of rotatable bonds is 2. The summed E-state index contributed by atoms with van der Waals surface area (Å²) in [5, 5.41) is 4.19. The molecule has 2 aromatic carbocycles. The van der Waals surface area contributed by atoms with Crippen LogP contribution < -0.4 is 5.32 Å². The highest BCUT2D eigenvalue weighted by Crippen LogP contribution is 2.22. The van der Waals surface area contributed by atoms with E-state index in [1.807, 2.05) is 30.3 Å². The molecule has 0 saturated heterocycles. The van der Waals surface area contributed by atoms with Crippen molar-refractivity contribution < 1.29 is 4.79 Å². The molecule has 0 unspecified atom stereocenters. The Hall–Kier alpha value is -2.04. The van der Waals surface area contributed by atoms with Crippen molar-refractivity contribution in [2.45, 2.75) is 4.90 Å². The standard InChI is InChI=1S/C16H11ClN2OS/c17-14-5-4-12(21)9-13(14)16(20)19-11-3-6-15-10(8-11)2-1-7-18-15/h1-9,21H,(H,19,20). The van der Waals surface area contributed by atoms with Crippen LogP contribution in [-0.2, 0) is 0 Å². The van der Waals surface area contributed by atoms with Crippen molar-refractivity contribution in [1.29, 1.82) is 0 Å². The molecule has 0 aliphatic heterocycles. The van der Waals surface area contributed by atoms with E-state index in [4.69, 9.17) is 11.6 Å². The largest absolute Gasteiger partial charge is 0.322 e. The first-order chi connectivity index (χ1) is 10.1. The van der Waals surface area contributed by atoms with Crippen LogP contribution in [0.1, 0.15) is 10.4 Å². The predicted molar refractivity (Wildman–Crippen MR) is 88.4 cm³/mol. The van der Waals surface area contributed by atoms with E-state index in [1.165, 1.54) is 0 Å². The third kappa shape index (κ3) is 3.01. The summed E-state index contributed by atoms with van der Waals surface area (Å²) in [4.78, 5) is 17.2. The number of anilines is 1. The van der Waals surface area contributed by atoms with Crippen LogP contribution in [0, 0.1) is 0 Å². The van der Waals surface area contributed by atoms with E-state index in [2.05, 4.69) is 22.9 Å². The number of pyridine rings is 1. The van der Waals surface area contributed by atoms with E-state index in [-0.39, 0.29) is 5.91 Å². The van der Waals surface area contributed by atoms with Gasteiger partial charge in [0.15, 0.2) is 0 Å². The highest BCUT2D eigenvalue weighted by molar-refractivity contribution is 7.80. The van der Waals surface area contributed by atoms with E-state index in [0.717, 1.165) is 10.9 Å². The Labute approximate surface area is 132 Å². The number of hydrogen-bond acceptors (Lipinski definition) is 3. The molecule has 0 fully saturated rings. The first kappa shape index (κ1) is 13.9. The van der Waals surface area contributed by atoms with Crippen molar-refractivity contribution >= 4 is 46.7 Å². The zero-order valence-electron chi connectivity index (χ0n) is 10.9. The Morgan fingerprint density at radius 2 is 2.00 bits per heavy atom. The summed E-state index contributed by atoms with van der Waals surface area (Å²) in [6.07, 6.45) is 1.73. The minimum Gasteiger partial charge on any atom is -0.322 e. The number of nitrogens with zero attached hydrogens (tertiary/aromatic N) is 1. The van der Waals surface area contributed by atoms with Gasteiger partial charge in [0.05, 0.1) is 16.1 Å². The van der Waals surface area contributed by atoms with Gasteiger partial charge in [-0.1, -0.05) is 17.7 Å². The van der Waals surface area contributed by atoms with Crippen LogP contribution in [0.4, 0.5) is 5.69 Å². The first-order valence-corrected chi connectivity index (χ1v) is 7.11. The van der Waals surface area contributed by atoms with Gasteiger partial charge in [-0.05, 0) is 42.5 Å². The number of carbonyl (C=O) groups excluding carboxylic acids is 1. The summed E-state index contributed by atoms with van der Waals surface area (Å²) >= 11 is 10.3. The molecule has 0 aliphatic rings. The lowest BCUT2D eigenvalue weighted by Crippen LogP contribution is -2.12. The van der Waals surface area contributed by atoms with Crippen molar-refractivity contribution in [2.75, 3.05) is 5.32 Å². The van der Waals surface area contributed by atoms with Gasteiger partial charge in [0.25, 0.3) is 5.91 Å². The summed E-state index contributed by atoms with van der Waals surface area (Å²) in [5.41, 5.74) is 1.97. The quantitative estimate of drug-likeness (QED) is 0.687. The maximum absolute atomic E-state index is 12.3. The molecule has 0 spiro atoms. The lowest BCUT2D eigenvalue weighted by atomic mass is 10.1. The Balaban J connectivity index is 1.90. The van der Waals surface area contributed by atoms with Crippen LogP contribution in [0.15, 0.2) is 59.6 Å². The van der Waals surface area contributed by atoms with Crippen molar-refractivity contribution in [3.8, 4) is 0 Å². The van der Waals surface area contributed by atoms with Gasteiger partial charge in [-0.2, -0.15) is 0 Å². The van der Waals surface area contributed by atoms with E-state index < -0.39 is 0 Å². The molecule has 1 N–H and O–H groups in total. The number of carbonyl (C=O) groups is 1. The van der Waals surface area contributed by atoms with Gasteiger partial charge in [0.2, 0.25) is 0 Å². The second-order valence-electron chi connectivity index (χ2n) is 4.53. The molecule has 1 aromatic heterocycles. The number of aromatic nitrogens is 1. The van der Waals surface area contributed by atoms with Crippen LogP contribution in [0.2, 0.25) is 5.02 Å². The molecule has 3 aromatic rings. The smallest absolute Gasteiger partial charge is 0.257 e. The van der Waals surface area contributed by atoms with E-state index in [1.54, 1.807) is 24.4 Å². The maximum atomic E-state index is 12.3. The number of benzene rings is 2.